The lowest BCUT2D eigenvalue weighted by Crippen LogP contribution is -2.31. The number of hydrogen-bond acceptors (Lipinski definition) is 3. The Hall–Kier alpha value is -1.23. The Morgan fingerprint density at radius 2 is 2.00 bits per heavy atom. The molecule has 19 heavy (non-hydrogen) atoms. The van der Waals surface area contributed by atoms with Crippen LogP contribution >= 0.6 is 11.3 Å². The monoisotopic (exact) mass is 279 g/mol. The Balaban J connectivity index is 1.79. The van der Waals surface area contributed by atoms with Crippen molar-refractivity contribution in [3.05, 3.63) is 58.0 Å². The molecular weight excluding hydrogens is 261 g/mol. The van der Waals surface area contributed by atoms with Crippen molar-refractivity contribution in [3.8, 4) is 0 Å². The summed E-state index contributed by atoms with van der Waals surface area (Å²) in [6.07, 6.45) is 0.338. The average Bonchev–Trinajstić information content (AvgIpc) is 2.89. The van der Waals surface area contributed by atoms with E-state index in [2.05, 4.69) is 29.1 Å². The van der Waals surface area contributed by atoms with Crippen molar-refractivity contribution in [3.63, 3.8) is 0 Å². The third-order valence-corrected chi connectivity index (χ3v) is 3.77. The molecule has 1 heterocycles. The predicted octanol–water partition coefficient (Wildman–Crippen LogP) is 3.14. The average molecular weight is 279 g/mol. The van der Waals surface area contributed by atoms with Crippen molar-refractivity contribution in [2.75, 3.05) is 6.54 Å². The van der Waals surface area contributed by atoms with Crippen LogP contribution in [0.15, 0.2) is 41.1 Å². The van der Waals surface area contributed by atoms with Gasteiger partial charge in [-0.2, -0.15) is 11.3 Å². The van der Waals surface area contributed by atoms with Crippen LogP contribution in [0.3, 0.4) is 0 Å². The summed E-state index contributed by atoms with van der Waals surface area (Å²) in [5.74, 6) is -0.283. The SMILES string of the molecule is CC(Cc1ccsc1)NCC(O)c1ccc(F)cc1. The zero-order valence-corrected chi connectivity index (χ0v) is 11.7. The highest BCUT2D eigenvalue weighted by Gasteiger charge is 2.10. The molecule has 0 bridgehead atoms. The Morgan fingerprint density at radius 1 is 1.26 bits per heavy atom. The van der Waals surface area contributed by atoms with Gasteiger partial charge < -0.3 is 10.4 Å². The Labute approximate surface area is 116 Å². The molecule has 0 fully saturated rings. The number of halogens is 1. The summed E-state index contributed by atoms with van der Waals surface area (Å²) in [6, 6.07) is 8.38. The number of rotatable bonds is 6. The molecule has 1 aromatic heterocycles. The molecule has 0 radical (unpaired) electrons. The lowest BCUT2D eigenvalue weighted by Gasteiger charge is -2.17. The second-order valence-corrected chi connectivity index (χ2v) is 5.49. The Kier molecular flexibility index (Phi) is 5.07. The van der Waals surface area contributed by atoms with Gasteiger partial charge in [0.05, 0.1) is 6.10 Å². The van der Waals surface area contributed by atoms with Crippen molar-refractivity contribution in [2.24, 2.45) is 0 Å². The van der Waals surface area contributed by atoms with Crippen LogP contribution in [-0.2, 0) is 6.42 Å². The van der Waals surface area contributed by atoms with Gasteiger partial charge in [0, 0.05) is 12.6 Å². The molecule has 2 atom stereocenters. The minimum Gasteiger partial charge on any atom is -0.387 e. The maximum absolute atomic E-state index is 12.8. The van der Waals surface area contributed by atoms with Gasteiger partial charge in [-0.3, -0.25) is 0 Å². The summed E-state index contributed by atoms with van der Waals surface area (Å²) in [5.41, 5.74) is 2.04. The fraction of sp³-hybridized carbons (Fsp3) is 0.333. The lowest BCUT2D eigenvalue weighted by atomic mass is 10.1. The second kappa shape index (κ2) is 6.80. The summed E-state index contributed by atoms with van der Waals surface area (Å²) in [4.78, 5) is 0. The van der Waals surface area contributed by atoms with Crippen LogP contribution in [0.4, 0.5) is 4.39 Å². The van der Waals surface area contributed by atoms with Crippen LogP contribution in [-0.4, -0.2) is 17.7 Å². The van der Waals surface area contributed by atoms with Crippen LogP contribution in [0.25, 0.3) is 0 Å². The van der Waals surface area contributed by atoms with Crippen molar-refractivity contribution in [1.29, 1.82) is 0 Å². The Morgan fingerprint density at radius 3 is 2.63 bits per heavy atom. The predicted molar refractivity (Wildman–Crippen MR) is 76.8 cm³/mol. The molecular formula is C15H18FNOS. The van der Waals surface area contributed by atoms with Crippen molar-refractivity contribution >= 4 is 11.3 Å². The first-order chi connectivity index (χ1) is 9.15. The minimum absolute atomic E-state index is 0.283. The van der Waals surface area contributed by atoms with E-state index in [1.165, 1.54) is 17.7 Å². The molecule has 0 aliphatic rings. The summed E-state index contributed by atoms with van der Waals surface area (Å²) in [5, 5.41) is 17.5. The molecule has 0 aliphatic heterocycles. The van der Waals surface area contributed by atoms with E-state index in [0.29, 0.717) is 12.6 Å². The molecule has 102 valence electrons. The van der Waals surface area contributed by atoms with E-state index in [9.17, 15) is 9.50 Å². The first-order valence-corrected chi connectivity index (χ1v) is 7.27. The number of benzene rings is 1. The van der Waals surface area contributed by atoms with Crippen molar-refractivity contribution < 1.29 is 9.50 Å². The highest BCUT2D eigenvalue weighted by atomic mass is 32.1. The van der Waals surface area contributed by atoms with Crippen molar-refractivity contribution in [1.82, 2.24) is 5.32 Å². The van der Waals surface area contributed by atoms with Crippen LogP contribution < -0.4 is 5.32 Å². The maximum atomic E-state index is 12.8. The maximum Gasteiger partial charge on any atom is 0.123 e. The number of hydrogen-bond donors (Lipinski definition) is 2. The second-order valence-electron chi connectivity index (χ2n) is 4.71. The zero-order valence-electron chi connectivity index (χ0n) is 10.8. The molecule has 0 spiro atoms. The third kappa shape index (κ3) is 4.42. The molecule has 0 saturated carbocycles. The topological polar surface area (TPSA) is 32.3 Å². The normalized spacial score (nSPS) is 14.3. The standard InChI is InChI=1S/C15H18FNOS/c1-11(8-12-6-7-19-10-12)17-9-15(18)13-2-4-14(16)5-3-13/h2-7,10-11,15,17-18H,8-9H2,1H3. The van der Waals surface area contributed by atoms with Gasteiger partial charge in [-0.15, -0.1) is 0 Å². The summed E-state index contributed by atoms with van der Waals surface area (Å²) in [7, 11) is 0. The lowest BCUT2D eigenvalue weighted by molar-refractivity contribution is 0.170. The zero-order chi connectivity index (χ0) is 13.7. The fourth-order valence-corrected chi connectivity index (χ4v) is 2.63. The molecule has 2 rings (SSSR count). The van der Waals surface area contributed by atoms with Crippen LogP contribution in [0.2, 0.25) is 0 Å². The van der Waals surface area contributed by atoms with Crippen LogP contribution in [0.1, 0.15) is 24.2 Å². The fourth-order valence-electron chi connectivity index (χ4n) is 1.95. The number of aliphatic hydroxyl groups excluding tert-OH is 1. The van der Waals surface area contributed by atoms with Gasteiger partial charge >= 0.3 is 0 Å². The largest absolute Gasteiger partial charge is 0.387 e. The van der Waals surface area contributed by atoms with Crippen molar-refractivity contribution in [2.45, 2.75) is 25.5 Å². The molecule has 2 N–H and O–H groups in total. The molecule has 0 amide bonds. The van der Waals surface area contributed by atoms with E-state index in [1.54, 1.807) is 23.5 Å². The summed E-state index contributed by atoms with van der Waals surface area (Å²) in [6.45, 7) is 2.56. The molecule has 0 saturated heterocycles. The first-order valence-electron chi connectivity index (χ1n) is 6.33. The van der Waals surface area contributed by atoms with Gasteiger partial charge in [0.25, 0.3) is 0 Å². The smallest absolute Gasteiger partial charge is 0.123 e. The number of thiophene rings is 1. The highest BCUT2D eigenvalue weighted by Crippen LogP contribution is 2.13. The van der Waals surface area contributed by atoms with Gasteiger partial charge in [0.15, 0.2) is 0 Å². The molecule has 2 aromatic rings. The summed E-state index contributed by atoms with van der Waals surface area (Å²) < 4.78 is 12.8. The minimum atomic E-state index is -0.606. The van der Waals surface area contributed by atoms with E-state index in [0.717, 1.165) is 12.0 Å². The van der Waals surface area contributed by atoms with Gasteiger partial charge in [0.1, 0.15) is 5.82 Å². The molecule has 2 nitrogen and oxygen atoms in total. The van der Waals surface area contributed by atoms with Gasteiger partial charge in [-0.05, 0) is 53.4 Å². The summed E-state index contributed by atoms with van der Waals surface area (Å²) >= 11 is 1.69. The third-order valence-electron chi connectivity index (χ3n) is 3.04. The van der Waals surface area contributed by atoms with E-state index in [-0.39, 0.29) is 5.82 Å². The van der Waals surface area contributed by atoms with Crippen LogP contribution in [0, 0.1) is 5.82 Å². The van der Waals surface area contributed by atoms with E-state index in [4.69, 9.17) is 0 Å². The van der Waals surface area contributed by atoms with Gasteiger partial charge in [-0.25, -0.2) is 4.39 Å². The van der Waals surface area contributed by atoms with Gasteiger partial charge in [-0.1, -0.05) is 12.1 Å². The molecule has 2 unspecified atom stereocenters. The first kappa shape index (κ1) is 14.2. The van der Waals surface area contributed by atoms with Gasteiger partial charge in [0.2, 0.25) is 0 Å². The highest BCUT2D eigenvalue weighted by molar-refractivity contribution is 7.07. The molecule has 4 heteroatoms. The number of nitrogens with one attached hydrogen (secondary N) is 1. The Bertz CT molecular complexity index is 483. The molecule has 0 aliphatic carbocycles. The van der Waals surface area contributed by atoms with E-state index < -0.39 is 6.10 Å². The van der Waals surface area contributed by atoms with E-state index >= 15 is 0 Å². The quantitative estimate of drug-likeness (QED) is 0.851. The number of aliphatic hydroxyl groups is 1. The molecule has 1 aromatic carbocycles. The van der Waals surface area contributed by atoms with Crippen LogP contribution in [0.5, 0.6) is 0 Å². The van der Waals surface area contributed by atoms with E-state index in [1.807, 2.05) is 0 Å².